The van der Waals surface area contributed by atoms with Gasteiger partial charge in [0.1, 0.15) is 0 Å². The Morgan fingerprint density at radius 1 is 1.13 bits per heavy atom. The number of hydrogen-bond acceptors (Lipinski definition) is 2. The van der Waals surface area contributed by atoms with Crippen molar-refractivity contribution in [2.75, 3.05) is 17.6 Å². The van der Waals surface area contributed by atoms with Crippen molar-refractivity contribution in [3.63, 3.8) is 0 Å². The maximum absolute atomic E-state index is 5.95. The van der Waals surface area contributed by atoms with Crippen molar-refractivity contribution in [1.82, 2.24) is 5.32 Å². The summed E-state index contributed by atoms with van der Waals surface area (Å²) in [5, 5.41) is 8.43. The Hall–Kier alpha value is -0.940. The van der Waals surface area contributed by atoms with Gasteiger partial charge in [-0.1, -0.05) is 36.2 Å². The van der Waals surface area contributed by atoms with Gasteiger partial charge in [0.15, 0.2) is 5.11 Å². The van der Waals surface area contributed by atoms with Crippen molar-refractivity contribution < 1.29 is 0 Å². The molecule has 2 aromatic rings. The number of anilines is 1. The highest BCUT2D eigenvalue weighted by Gasteiger charge is 2.05. The summed E-state index contributed by atoms with van der Waals surface area (Å²) in [5.41, 5.74) is 0.887. The number of halogens is 2. The summed E-state index contributed by atoms with van der Waals surface area (Å²) in [7, 11) is 0. The number of nitrogens with one attached hydrogen (secondary N) is 2. The summed E-state index contributed by atoms with van der Waals surface area (Å²) in [4.78, 5) is 1.22. The van der Waals surface area contributed by atoms with Crippen LogP contribution >= 0.6 is 47.2 Å². The van der Waals surface area contributed by atoms with E-state index in [-0.39, 0.29) is 0 Å². The average Bonchev–Trinajstić information content (AvgIpc) is 2.52. The van der Waals surface area contributed by atoms with Gasteiger partial charge in [0.25, 0.3) is 0 Å². The molecule has 122 valence electrons. The van der Waals surface area contributed by atoms with Crippen LogP contribution in [0.2, 0.25) is 10.0 Å². The smallest absolute Gasteiger partial charge is 0.170 e. The third-order valence-electron chi connectivity index (χ3n) is 3.04. The molecule has 0 aliphatic heterocycles. The van der Waals surface area contributed by atoms with Gasteiger partial charge in [0, 0.05) is 32.9 Å². The Bertz CT molecular complexity index is 647. The van der Waals surface area contributed by atoms with Crippen LogP contribution in [-0.4, -0.2) is 17.4 Å². The second-order valence-corrected chi connectivity index (χ2v) is 7.59. The van der Waals surface area contributed by atoms with Crippen molar-refractivity contribution in [1.29, 1.82) is 0 Å². The van der Waals surface area contributed by atoms with Crippen LogP contribution in [-0.2, 0) is 0 Å². The van der Waals surface area contributed by atoms with E-state index in [1.54, 1.807) is 0 Å². The Labute approximate surface area is 157 Å². The maximum Gasteiger partial charge on any atom is 0.170 e. The van der Waals surface area contributed by atoms with Gasteiger partial charge in [-0.05, 0) is 60.6 Å². The fraction of sp³-hybridized carbons (Fsp3) is 0.235. The minimum Gasteiger partial charge on any atom is -0.362 e. The summed E-state index contributed by atoms with van der Waals surface area (Å²) in [6.07, 6.45) is 0. The van der Waals surface area contributed by atoms with Crippen LogP contribution in [0.5, 0.6) is 0 Å². The van der Waals surface area contributed by atoms with Crippen molar-refractivity contribution >= 4 is 58.0 Å². The normalized spacial score (nSPS) is 11.8. The lowest BCUT2D eigenvalue weighted by atomic mass is 10.2. The van der Waals surface area contributed by atoms with E-state index >= 15 is 0 Å². The first-order valence-corrected chi connectivity index (χ1v) is 9.36. The standard InChI is InChI=1S/C17H18Cl2N2S2/c1-12(11-23-16-7-5-13(18)6-8-16)10-20-17(22)21-15-4-2-3-14(19)9-15/h2-9,12H,10-11H2,1H3,(H2,20,21,22)/t12-/m0/s1. The second-order valence-electron chi connectivity index (χ2n) is 5.22. The zero-order valence-electron chi connectivity index (χ0n) is 12.7. The van der Waals surface area contributed by atoms with Gasteiger partial charge in [0.2, 0.25) is 0 Å². The first kappa shape index (κ1) is 18.4. The molecule has 6 heteroatoms. The van der Waals surface area contributed by atoms with Crippen LogP contribution in [0, 0.1) is 5.92 Å². The maximum atomic E-state index is 5.95. The number of thioether (sulfide) groups is 1. The molecule has 2 aromatic carbocycles. The molecule has 0 unspecified atom stereocenters. The van der Waals surface area contributed by atoms with Crippen molar-refractivity contribution in [2.45, 2.75) is 11.8 Å². The molecular formula is C17H18Cl2N2S2. The van der Waals surface area contributed by atoms with Gasteiger partial charge in [-0.2, -0.15) is 0 Å². The molecule has 0 radical (unpaired) electrons. The van der Waals surface area contributed by atoms with Gasteiger partial charge >= 0.3 is 0 Å². The highest BCUT2D eigenvalue weighted by molar-refractivity contribution is 7.99. The lowest BCUT2D eigenvalue weighted by molar-refractivity contribution is 0.637. The SMILES string of the molecule is C[C@@H](CNC(=S)Nc1cccc(Cl)c1)CSc1ccc(Cl)cc1. The van der Waals surface area contributed by atoms with E-state index in [4.69, 9.17) is 35.4 Å². The quantitative estimate of drug-likeness (QED) is 0.491. The summed E-state index contributed by atoms with van der Waals surface area (Å²) in [6, 6.07) is 15.4. The first-order valence-electron chi connectivity index (χ1n) is 7.22. The van der Waals surface area contributed by atoms with Crippen molar-refractivity contribution in [3.05, 3.63) is 58.6 Å². The van der Waals surface area contributed by atoms with Crippen LogP contribution in [0.1, 0.15) is 6.92 Å². The number of rotatable bonds is 6. The molecule has 23 heavy (non-hydrogen) atoms. The molecule has 2 nitrogen and oxygen atoms in total. The van der Waals surface area contributed by atoms with Crippen LogP contribution in [0.15, 0.2) is 53.4 Å². The van der Waals surface area contributed by atoms with E-state index in [1.165, 1.54) is 4.90 Å². The van der Waals surface area contributed by atoms with E-state index in [9.17, 15) is 0 Å². The summed E-state index contributed by atoms with van der Waals surface area (Å²) in [6.45, 7) is 3.00. The fourth-order valence-corrected chi connectivity index (χ4v) is 3.28. The molecule has 0 saturated heterocycles. The van der Waals surface area contributed by atoms with E-state index in [2.05, 4.69) is 17.6 Å². The third kappa shape index (κ3) is 7.00. The highest BCUT2D eigenvalue weighted by Crippen LogP contribution is 2.22. The molecule has 0 saturated carbocycles. The van der Waals surface area contributed by atoms with Crippen LogP contribution in [0.4, 0.5) is 5.69 Å². The molecule has 0 aliphatic rings. The molecule has 0 spiro atoms. The van der Waals surface area contributed by atoms with Crippen molar-refractivity contribution in [3.8, 4) is 0 Å². The highest BCUT2D eigenvalue weighted by atomic mass is 35.5. The molecule has 0 bridgehead atoms. The van der Waals surface area contributed by atoms with E-state index < -0.39 is 0 Å². The predicted octanol–water partition coefficient (Wildman–Crippen LogP) is 5.71. The van der Waals surface area contributed by atoms with Crippen LogP contribution in [0.3, 0.4) is 0 Å². The largest absolute Gasteiger partial charge is 0.362 e. The lowest BCUT2D eigenvalue weighted by Gasteiger charge is -2.15. The van der Waals surface area contributed by atoms with E-state index in [0.29, 0.717) is 16.1 Å². The Morgan fingerprint density at radius 2 is 1.87 bits per heavy atom. The number of thiocarbonyl (C=S) groups is 1. The van der Waals surface area contributed by atoms with Gasteiger partial charge in [0.05, 0.1) is 0 Å². The number of benzene rings is 2. The molecular weight excluding hydrogens is 367 g/mol. The van der Waals surface area contributed by atoms with Crippen LogP contribution < -0.4 is 10.6 Å². The van der Waals surface area contributed by atoms with Gasteiger partial charge in [-0.3, -0.25) is 0 Å². The molecule has 1 atom stereocenters. The molecule has 0 amide bonds. The average molecular weight is 385 g/mol. The number of hydrogen-bond donors (Lipinski definition) is 2. The molecule has 0 heterocycles. The molecule has 0 aromatic heterocycles. The Kier molecular flexibility index (Phi) is 7.50. The molecule has 2 rings (SSSR count). The predicted molar refractivity (Wildman–Crippen MR) is 107 cm³/mol. The summed E-state index contributed by atoms with van der Waals surface area (Å²) in [5.74, 6) is 1.49. The summed E-state index contributed by atoms with van der Waals surface area (Å²) >= 11 is 19.0. The van der Waals surface area contributed by atoms with E-state index in [1.807, 2.05) is 60.3 Å². The summed E-state index contributed by atoms with van der Waals surface area (Å²) < 4.78 is 0. The minimum absolute atomic E-state index is 0.481. The van der Waals surface area contributed by atoms with Crippen LogP contribution in [0.25, 0.3) is 0 Å². The molecule has 0 fully saturated rings. The lowest BCUT2D eigenvalue weighted by Crippen LogP contribution is -2.32. The van der Waals surface area contributed by atoms with Crippen molar-refractivity contribution in [2.24, 2.45) is 5.92 Å². The Morgan fingerprint density at radius 3 is 2.57 bits per heavy atom. The van der Waals surface area contributed by atoms with E-state index in [0.717, 1.165) is 23.0 Å². The molecule has 0 aliphatic carbocycles. The zero-order valence-corrected chi connectivity index (χ0v) is 15.8. The van der Waals surface area contributed by atoms with Gasteiger partial charge in [-0.15, -0.1) is 11.8 Å². The monoisotopic (exact) mass is 384 g/mol. The molecule has 2 N–H and O–H groups in total. The third-order valence-corrected chi connectivity index (χ3v) is 5.12. The fourth-order valence-electron chi connectivity index (χ4n) is 1.84. The van der Waals surface area contributed by atoms with Gasteiger partial charge in [-0.25, -0.2) is 0 Å². The minimum atomic E-state index is 0.481. The Balaban J connectivity index is 1.70. The first-order chi connectivity index (χ1) is 11.0. The topological polar surface area (TPSA) is 24.1 Å². The second kappa shape index (κ2) is 9.38. The zero-order chi connectivity index (χ0) is 16.7. The van der Waals surface area contributed by atoms with Gasteiger partial charge < -0.3 is 10.6 Å².